The van der Waals surface area contributed by atoms with E-state index >= 15 is 0 Å². The van der Waals surface area contributed by atoms with Crippen molar-refractivity contribution in [1.29, 1.82) is 5.26 Å². The first-order valence-electron chi connectivity index (χ1n) is 5.78. The van der Waals surface area contributed by atoms with E-state index in [-0.39, 0.29) is 12.3 Å². The first kappa shape index (κ1) is 16.7. The first-order valence-corrected chi connectivity index (χ1v) is 6.57. The Kier molecular flexibility index (Phi) is 6.36. The van der Waals surface area contributed by atoms with Crippen molar-refractivity contribution < 1.29 is 18.7 Å². The maximum absolute atomic E-state index is 13.5. The Bertz CT molecular complexity index is 626. The zero-order valence-corrected chi connectivity index (χ0v) is 12.5. The third-order valence-corrected chi connectivity index (χ3v) is 2.65. The molecular formula is C13H11BrFN3O3. The molecular weight excluding hydrogens is 345 g/mol. The Morgan fingerprint density at radius 1 is 1.52 bits per heavy atom. The van der Waals surface area contributed by atoms with Crippen molar-refractivity contribution >= 4 is 33.6 Å². The molecule has 0 saturated carbocycles. The monoisotopic (exact) mass is 355 g/mol. The van der Waals surface area contributed by atoms with Crippen LogP contribution >= 0.6 is 15.9 Å². The lowest BCUT2D eigenvalue weighted by atomic mass is 10.2. The number of nitrogens with one attached hydrogen (secondary N) is 2. The molecule has 0 fully saturated rings. The minimum Gasteiger partial charge on any atom is -0.450 e. The van der Waals surface area contributed by atoms with Crippen LogP contribution in [0.3, 0.4) is 0 Å². The summed E-state index contributed by atoms with van der Waals surface area (Å²) in [5, 5.41) is 13.2. The molecule has 0 bridgehead atoms. The fourth-order valence-corrected chi connectivity index (χ4v) is 1.57. The lowest BCUT2D eigenvalue weighted by Gasteiger charge is -2.05. The first-order chi connectivity index (χ1) is 9.97. The Morgan fingerprint density at radius 3 is 2.81 bits per heavy atom. The molecule has 21 heavy (non-hydrogen) atoms. The molecule has 1 aromatic carbocycles. The van der Waals surface area contributed by atoms with Gasteiger partial charge < -0.3 is 10.1 Å². The fraction of sp³-hybridized carbons (Fsp3) is 0.154. The number of anilines is 1. The van der Waals surface area contributed by atoms with E-state index in [2.05, 4.69) is 26.0 Å². The van der Waals surface area contributed by atoms with Gasteiger partial charge in [0, 0.05) is 10.7 Å². The molecule has 1 rings (SSSR count). The standard InChI is InChI=1S/C13H11BrFN3O3/c1-2-21-13(20)18-12(19)8(6-16)7-17-11-4-3-9(14)5-10(11)15/h3-5,7,17H,2H2,1H3,(H,18,19,20). The number of halogens is 2. The number of amides is 2. The largest absolute Gasteiger partial charge is 0.450 e. The maximum Gasteiger partial charge on any atom is 0.414 e. The molecule has 0 unspecified atom stereocenters. The van der Waals surface area contributed by atoms with Crippen LogP contribution < -0.4 is 10.6 Å². The molecule has 6 nitrogen and oxygen atoms in total. The van der Waals surface area contributed by atoms with Gasteiger partial charge >= 0.3 is 6.09 Å². The van der Waals surface area contributed by atoms with Gasteiger partial charge in [-0.15, -0.1) is 0 Å². The third kappa shape index (κ3) is 5.24. The van der Waals surface area contributed by atoms with Gasteiger partial charge in [-0.05, 0) is 25.1 Å². The zero-order valence-electron chi connectivity index (χ0n) is 10.9. The predicted molar refractivity (Wildman–Crippen MR) is 76.6 cm³/mol. The number of benzene rings is 1. The van der Waals surface area contributed by atoms with E-state index in [0.717, 1.165) is 6.20 Å². The summed E-state index contributed by atoms with van der Waals surface area (Å²) in [4.78, 5) is 22.6. The summed E-state index contributed by atoms with van der Waals surface area (Å²) in [6.07, 6.45) is 0.0411. The van der Waals surface area contributed by atoms with Crippen molar-refractivity contribution in [2.75, 3.05) is 11.9 Å². The number of alkyl carbamates (subject to hydrolysis) is 1. The van der Waals surface area contributed by atoms with Crippen molar-refractivity contribution in [2.24, 2.45) is 0 Å². The predicted octanol–water partition coefficient (Wildman–Crippen LogP) is 2.68. The van der Waals surface area contributed by atoms with Crippen molar-refractivity contribution in [3.05, 3.63) is 40.3 Å². The van der Waals surface area contributed by atoms with Crippen LogP contribution in [-0.4, -0.2) is 18.6 Å². The molecule has 0 atom stereocenters. The normalized spacial score (nSPS) is 10.5. The molecule has 1 aromatic rings. The van der Waals surface area contributed by atoms with Gasteiger partial charge in [-0.2, -0.15) is 5.26 Å². The van der Waals surface area contributed by atoms with Gasteiger partial charge in [0.1, 0.15) is 17.5 Å². The summed E-state index contributed by atoms with van der Waals surface area (Å²) < 4.78 is 18.6. The molecule has 0 radical (unpaired) electrons. The number of hydrogen-bond donors (Lipinski definition) is 2. The van der Waals surface area contributed by atoms with Gasteiger partial charge in [-0.1, -0.05) is 15.9 Å². The molecule has 0 aliphatic rings. The zero-order chi connectivity index (χ0) is 15.8. The Hall–Kier alpha value is -2.40. The number of ether oxygens (including phenoxy) is 1. The summed E-state index contributed by atoms with van der Waals surface area (Å²) in [7, 11) is 0. The average Bonchev–Trinajstić information content (AvgIpc) is 2.41. The van der Waals surface area contributed by atoms with Crippen LogP contribution in [0.4, 0.5) is 14.9 Å². The second-order valence-corrected chi connectivity index (χ2v) is 4.53. The molecule has 2 amide bonds. The van der Waals surface area contributed by atoms with E-state index < -0.39 is 23.4 Å². The highest BCUT2D eigenvalue weighted by Gasteiger charge is 2.13. The maximum atomic E-state index is 13.5. The van der Waals surface area contributed by atoms with Crippen LogP contribution in [0.1, 0.15) is 6.92 Å². The molecule has 8 heteroatoms. The summed E-state index contributed by atoms with van der Waals surface area (Å²) in [6.45, 7) is 1.66. The van der Waals surface area contributed by atoms with Crippen LogP contribution in [0.25, 0.3) is 0 Å². The number of hydrogen-bond acceptors (Lipinski definition) is 5. The number of imide groups is 1. The van der Waals surface area contributed by atoms with Crippen LogP contribution in [-0.2, 0) is 9.53 Å². The highest BCUT2D eigenvalue weighted by Crippen LogP contribution is 2.19. The molecule has 110 valence electrons. The number of rotatable bonds is 4. The number of nitriles is 1. The Morgan fingerprint density at radius 2 is 2.24 bits per heavy atom. The van der Waals surface area contributed by atoms with Crippen molar-refractivity contribution in [3.8, 4) is 6.07 Å². The van der Waals surface area contributed by atoms with Gasteiger partial charge in [0.05, 0.1) is 12.3 Å². The molecule has 0 saturated heterocycles. The molecule has 2 N–H and O–H groups in total. The molecule has 0 heterocycles. The van der Waals surface area contributed by atoms with Gasteiger partial charge in [0.15, 0.2) is 0 Å². The summed E-state index contributed by atoms with van der Waals surface area (Å²) in [5.74, 6) is -1.51. The average molecular weight is 356 g/mol. The fourth-order valence-electron chi connectivity index (χ4n) is 1.23. The number of nitrogens with zero attached hydrogens (tertiary/aromatic N) is 1. The van der Waals surface area contributed by atoms with Crippen LogP contribution in [0.15, 0.2) is 34.4 Å². The summed E-state index contributed by atoms with van der Waals surface area (Å²) >= 11 is 3.10. The topological polar surface area (TPSA) is 91.2 Å². The third-order valence-electron chi connectivity index (χ3n) is 2.16. The highest BCUT2D eigenvalue weighted by atomic mass is 79.9. The summed E-state index contributed by atoms with van der Waals surface area (Å²) in [5.41, 5.74) is -0.319. The lowest BCUT2D eigenvalue weighted by molar-refractivity contribution is -0.116. The molecule has 0 spiro atoms. The molecule has 0 aromatic heterocycles. The Labute approximate surface area is 128 Å². The number of carbonyl (C=O) groups excluding carboxylic acids is 2. The van der Waals surface area contributed by atoms with Gasteiger partial charge in [-0.25, -0.2) is 9.18 Å². The van der Waals surface area contributed by atoms with Crippen LogP contribution in [0.2, 0.25) is 0 Å². The van der Waals surface area contributed by atoms with Gasteiger partial charge in [0.25, 0.3) is 5.91 Å². The smallest absolute Gasteiger partial charge is 0.414 e. The van der Waals surface area contributed by atoms with E-state index in [1.54, 1.807) is 19.1 Å². The quantitative estimate of drug-likeness (QED) is 0.639. The van der Waals surface area contributed by atoms with E-state index in [1.807, 2.05) is 5.32 Å². The van der Waals surface area contributed by atoms with E-state index in [0.29, 0.717) is 4.47 Å². The van der Waals surface area contributed by atoms with Crippen LogP contribution in [0, 0.1) is 17.1 Å². The minimum atomic E-state index is -0.960. The van der Waals surface area contributed by atoms with Crippen molar-refractivity contribution in [3.63, 3.8) is 0 Å². The van der Waals surface area contributed by atoms with Crippen molar-refractivity contribution in [2.45, 2.75) is 6.92 Å². The second kappa shape index (κ2) is 8.01. The van der Waals surface area contributed by atoms with Gasteiger partial charge in [0.2, 0.25) is 0 Å². The van der Waals surface area contributed by atoms with E-state index in [4.69, 9.17) is 5.26 Å². The van der Waals surface area contributed by atoms with Crippen molar-refractivity contribution in [1.82, 2.24) is 5.32 Å². The Balaban J connectivity index is 2.78. The van der Waals surface area contributed by atoms with Crippen LogP contribution in [0.5, 0.6) is 0 Å². The SMILES string of the molecule is CCOC(=O)NC(=O)C(C#N)=CNc1ccc(Br)cc1F. The molecule has 0 aliphatic carbocycles. The molecule has 0 aliphatic heterocycles. The van der Waals surface area contributed by atoms with Gasteiger partial charge in [-0.3, -0.25) is 10.1 Å². The summed E-state index contributed by atoms with van der Waals surface area (Å²) in [6, 6.07) is 5.83. The van der Waals surface area contributed by atoms with E-state index in [9.17, 15) is 14.0 Å². The minimum absolute atomic E-state index is 0.0786. The lowest BCUT2D eigenvalue weighted by Crippen LogP contribution is -2.32. The highest BCUT2D eigenvalue weighted by molar-refractivity contribution is 9.10. The van der Waals surface area contributed by atoms with E-state index in [1.165, 1.54) is 12.1 Å². The number of carbonyl (C=O) groups is 2. The second-order valence-electron chi connectivity index (χ2n) is 3.61.